The summed E-state index contributed by atoms with van der Waals surface area (Å²) in [5.74, 6) is 0.297. The van der Waals surface area contributed by atoms with Gasteiger partial charge in [-0.1, -0.05) is 12.1 Å². The highest BCUT2D eigenvalue weighted by atomic mass is 16.5. The van der Waals surface area contributed by atoms with Crippen molar-refractivity contribution in [3.8, 4) is 11.5 Å². The fourth-order valence-corrected chi connectivity index (χ4v) is 3.69. The quantitative estimate of drug-likeness (QED) is 0.729. The molecule has 23 heavy (non-hydrogen) atoms. The number of fused-ring (bicyclic) bond motifs is 1. The number of allylic oxidation sites excluding steroid dienone is 1. The highest BCUT2D eigenvalue weighted by Crippen LogP contribution is 2.47. The summed E-state index contributed by atoms with van der Waals surface area (Å²) in [6.07, 6.45) is 1.54. The van der Waals surface area contributed by atoms with Crippen LogP contribution in [-0.4, -0.2) is 40.2 Å². The van der Waals surface area contributed by atoms with Gasteiger partial charge in [0.05, 0.1) is 24.9 Å². The Balaban J connectivity index is 1.91. The van der Waals surface area contributed by atoms with E-state index in [2.05, 4.69) is 0 Å². The van der Waals surface area contributed by atoms with E-state index in [-0.39, 0.29) is 17.8 Å². The summed E-state index contributed by atoms with van der Waals surface area (Å²) >= 11 is 0. The Hall–Kier alpha value is -1.56. The number of aromatic hydroxyl groups is 1. The average Bonchev–Trinajstić information content (AvgIpc) is 2.50. The Labute approximate surface area is 136 Å². The zero-order valence-corrected chi connectivity index (χ0v) is 13.7. The van der Waals surface area contributed by atoms with E-state index in [0.29, 0.717) is 18.6 Å². The SMILES string of the molecule is COc1ccc([C@H]2C[C@](C)(O)[C@@H]3CC=C(C)[C@@H](O)[C@H]3O2)cc1O. The van der Waals surface area contributed by atoms with Crippen LogP contribution >= 0.6 is 0 Å². The van der Waals surface area contributed by atoms with E-state index in [0.717, 1.165) is 11.1 Å². The van der Waals surface area contributed by atoms with Crippen LogP contribution in [0.2, 0.25) is 0 Å². The summed E-state index contributed by atoms with van der Waals surface area (Å²) < 4.78 is 11.2. The van der Waals surface area contributed by atoms with E-state index in [4.69, 9.17) is 9.47 Å². The smallest absolute Gasteiger partial charge is 0.160 e. The molecule has 1 aromatic carbocycles. The fraction of sp³-hybridized carbons (Fsp3) is 0.556. The Morgan fingerprint density at radius 3 is 2.74 bits per heavy atom. The Bertz CT molecular complexity index is 622. The van der Waals surface area contributed by atoms with Crippen LogP contribution in [0.1, 0.15) is 38.4 Å². The molecular formula is C18H24O5. The third-order valence-corrected chi connectivity index (χ3v) is 5.16. The molecule has 0 spiro atoms. The van der Waals surface area contributed by atoms with Gasteiger partial charge in [0.25, 0.3) is 0 Å². The predicted molar refractivity (Wildman–Crippen MR) is 85.4 cm³/mol. The minimum absolute atomic E-state index is 0.0376. The lowest BCUT2D eigenvalue weighted by Crippen LogP contribution is -2.55. The van der Waals surface area contributed by atoms with Crippen LogP contribution in [0, 0.1) is 5.92 Å². The lowest BCUT2D eigenvalue weighted by molar-refractivity contribution is -0.206. The maximum Gasteiger partial charge on any atom is 0.160 e. The van der Waals surface area contributed by atoms with E-state index in [1.54, 1.807) is 19.1 Å². The number of phenolic OH excluding ortho intramolecular Hbond substituents is 1. The van der Waals surface area contributed by atoms with Crippen LogP contribution in [-0.2, 0) is 4.74 Å². The fourth-order valence-electron chi connectivity index (χ4n) is 3.69. The zero-order chi connectivity index (χ0) is 16.8. The van der Waals surface area contributed by atoms with E-state index in [1.807, 2.05) is 19.1 Å². The van der Waals surface area contributed by atoms with Crippen LogP contribution in [0.25, 0.3) is 0 Å². The first kappa shape index (κ1) is 16.3. The number of methoxy groups -OCH3 is 1. The molecule has 3 rings (SSSR count). The summed E-state index contributed by atoms with van der Waals surface area (Å²) in [6.45, 7) is 3.67. The number of aliphatic hydroxyl groups excluding tert-OH is 1. The highest BCUT2D eigenvalue weighted by molar-refractivity contribution is 5.42. The number of hydrogen-bond donors (Lipinski definition) is 3. The van der Waals surface area contributed by atoms with Gasteiger partial charge >= 0.3 is 0 Å². The molecule has 1 aromatic rings. The molecule has 5 heteroatoms. The minimum atomic E-state index is -0.943. The van der Waals surface area contributed by atoms with Crippen molar-refractivity contribution in [1.29, 1.82) is 0 Å². The van der Waals surface area contributed by atoms with E-state index < -0.39 is 17.8 Å². The lowest BCUT2D eigenvalue weighted by atomic mass is 9.70. The second-order valence-corrected chi connectivity index (χ2v) is 6.82. The van der Waals surface area contributed by atoms with Crippen LogP contribution in [0.4, 0.5) is 0 Å². The Morgan fingerprint density at radius 2 is 2.09 bits per heavy atom. The molecule has 0 bridgehead atoms. The normalized spacial score (nSPS) is 37.0. The first-order chi connectivity index (χ1) is 10.8. The van der Waals surface area contributed by atoms with Crippen molar-refractivity contribution in [2.45, 2.75) is 50.6 Å². The largest absolute Gasteiger partial charge is 0.504 e. The van der Waals surface area contributed by atoms with Gasteiger partial charge in [-0.3, -0.25) is 0 Å². The van der Waals surface area contributed by atoms with Crippen LogP contribution in [0.3, 0.4) is 0 Å². The molecule has 3 N–H and O–H groups in total. The molecule has 0 radical (unpaired) electrons. The second kappa shape index (κ2) is 5.82. The van der Waals surface area contributed by atoms with E-state index in [9.17, 15) is 15.3 Å². The average molecular weight is 320 g/mol. The third kappa shape index (κ3) is 2.84. The van der Waals surface area contributed by atoms with Crippen LogP contribution < -0.4 is 4.74 Å². The molecule has 0 saturated carbocycles. The Morgan fingerprint density at radius 1 is 1.35 bits per heavy atom. The molecule has 0 amide bonds. The van der Waals surface area contributed by atoms with Crippen molar-refractivity contribution < 1.29 is 24.8 Å². The monoisotopic (exact) mass is 320 g/mol. The molecule has 0 aromatic heterocycles. The first-order valence-corrected chi connectivity index (χ1v) is 7.93. The van der Waals surface area contributed by atoms with Crippen molar-refractivity contribution in [2.24, 2.45) is 5.92 Å². The standard InChI is InChI=1S/C18H24O5/c1-10-4-6-12-17(16(10)20)23-15(9-18(12,2)21)11-5-7-14(22-3)13(19)8-11/h4-5,7-8,12,15-17,19-21H,6,9H2,1-3H3/t12-,15-,16-,17+,18+/m1/s1. The van der Waals surface area contributed by atoms with Crippen molar-refractivity contribution in [1.82, 2.24) is 0 Å². The maximum absolute atomic E-state index is 10.9. The van der Waals surface area contributed by atoms with Gasteiger partial charge in [-0.2, -0.15) is 0 Å². The summed E-state index contributed by atoms with van der Waals surface area (Å²) in [7, 11) is 1.49. The summed E-state index contributed by atoms with van der Waals surface area (Å²) in [6, 6.07) is 5.09. The zero-order valence-electron chi connectivity index (χ0n) is 13.7. The highest BCUT2D eigenvalue weighted by Gasteiger charge is 2.49. The second-order valence-electron chi connectivity index (χ2n) is 6.82. The lowest BCUT2D eigenvalue weighted by Gasteiger charge is -2.49. The molecule has 2 aliphatic rings. The third-order valence-electron chi connectivity index (χ3n) is 5.16. The van der Waals surface area contributed by atoms with Crippen molar-refractivity contribution >= 4 is 0 Å². The minimum Gasteiger partial charge on any atom is -0.504 e. The van der Waals surface area contributed by atoms with Crippen LogP contribution in [0.15, 0.2) is 29.8 Å². The first-order valence-electron chi connectivity index (χ1n) is 7.93. The van der Waals surface area contributed by atoms with Crippen molar-refractivity contribution in [2.75, 3.05) is 7.11 Å². The molecule has 1 heterocycles. The van der Waals surface area contributed by atoms with Gasteiger partial charge < -0.3 is 24.8 Å². The topological polar surface area (TPSA) is 79.2 Å². The maximum atomic E-state index is 10.9. The van der Waals surface area contributed by atoms with Gasteiger partial charge in [0.1, 0.15) is 6.10 Å². The van der Waals surface area contributed by atoms with Gasteiger partial charge in [-0.15, -0.1) is 0 Å². The van der Waals surface area contributed by atoms with Crippen molar-refractivity contribution in [3.05, 3.63) is 35.4 Å². The molecular weight excluding hydrogens is 296 g/mol. The summed E-state index contributed by atoms with van der Waals surface area (Å²) in [5.41, 5.74) is 0.697. The van der Waals surface area contributed by atoms with Gasteiger partial charge in [0, 0.05) is 12.3 Å². The summed E-state index contributed by atoms with van der Waals surface area (Å²) in [4.78, 5) is 0. The number of hydrogen-bond acceptors (Lipinski definition) is 5. The van der Waals surface area contributed by atoms with E-state index in [1.165, 1.54) is 7.11 Å². The summed E-state index contributed by atoms with van der Waals surface area (Å²) in [5, 5.41) is 31.3. The molecule has 5 nitrogen and oxygen atoms in total. The Kier molecular flexibility index (Phi) is 4.12. The molecule has 1 fully saturated rings. The molecule has 1 aliphatic carbocycles. The van der Waals surface area contributed by atoms with Gasteiger partial charge in [-0.25, -0.2) is 0 Å². The van der Waals surface area contributed by atoms with Gasteiger partial charge in [0.15, 0.2) is 11.5 Å². The van der Waals surface area contributed by atoms with Gasteiger partial charge in [0.2, 0.25) is 0 Å². The molecule has 5 atom stereocenters. The number of aliphatic hydroxyl groups is 2. The number of phenols is 1. The van der Waals surface area contributed by atoms with Crippen molar-refractivity contribution in [3.63, 3.8) is 0 Å². The molecule has 1 aliphatic heterocycles. The van der Waals surface area contributed by atoms with E-state index >= 15 is 0 Å². The predicted octanol–water partition coefficient (Wildman–Crippen LogP) is 2.31. The number of benzene rings is 1. The molecule has 1 saturated heterocycles. The van der Waals surface area contributed by atoms with Gasteiger partial charge in [-0.05, 0) is 43.5 Å². The number of ether oxygens (including phenoxy) is 2. The molecule has 0 unspecified atom stereocenters. The number of rotatable bonds is 2. The van der Waals surface area contributed by atoms with Crippen LogP contribution in [0.5, 0.6) is 11.5 Å². The molecule has 126 valence electrons.